The molecule has 10 heteroatoms. The van der Waals surface area contributed by atoms with Crippen molar-refractivity contribution in [2.45, 2.75) is 77.2 Å². The van der Waals surface area contributed by atoms with Gasteiger partial charge in [-0.15, -0.1) is 0 Å². The number of amides is 3. The summed E-state index contributed by atoms with van der Waals surface area (Å²) in [6, 6.07) is 4.69. The number of thioether (sulfide) groups is 1. The number of benzene rings is 1. The fraction of sp³-hybridized carbons (Fsp3) is 0.583. The Morgan fingerprint density at radius 3 is 2.35 bits per heavy atom. The quantitative estimate of drug-likeness (QED) is 0.483. The average Bonchev–Trinajstić information content (AvgIpc) is 2.77. The van der Waals surface area contributed by atoms with Gasteiger partial charge in [0, 0.05) is 13.0 Å². The maximum Gasteiger partial charge on any atom is 0.408 e. The highest BCUT2D eigenvalue weighted by Crippen LogP contribution is 2.25. The number of ether oxygens (including phenoxy) is 1. The molecule has 0 saturated carbocycles. The molecule has 0 saturated heterocycles. The summed E-state index contributed by atoms with van der Waals surface area (Å²) in [5, 5.41) is 14.7. The molecule has 0 fully saturated rings. The monoisotopic (exact) mass is 493 g/mol. The van der Waals surface area contributed by atoms with Gasteiger partial charge in [0.05, 0.1) is 0 Å². The first-order valence-electron chi connectivity index (χ1n) is 11.4. The molecule has 0 radical (unpaired) electrons. The molecule has 34 heavy (non-hydrogen) atoms. The van der Waals surface area contributed by atoms with Gasteiger partial charge in [0.25, 0.3) is 0 Å². The van der Waals surface area contributed by atoms with Crippen LogP contribution in [0.5, 0.6) is 0 Å². The lowest BCUT2D eigenvalue weighted by Crippen LogP contribution is -2.59. The van der Waals surface area contributed by atoms with Gasteiger partial charge in [-0.1, -0.05) is 31.2 Å². The molecule has 3 unspecified atom stereocenters. The summed E-state index contributed by atoms with van der Waals surface area (Å²) in [5.41, 5.74) is 1.11. The van der Waals surface area contributed by atoms with Crippen LogP contribution in [0.2, 0.25) is 0 Å². The second-order valence-electron chi connectivity index (χ2n) is 9.24. The molecule has 1 aliphatic rings. The van der Waals surface area contributed by atoms with Gasteiger partial charge in [0.15, 0.2) is 0 Å². The van der Waals surface area contributed by atoms with Crippen LogP contribution in [0.3, 0.4) is 0 Å². The van der Waals surface area contributed by atoms with E-state index >= 15 is 0 Å². The first-order chi connectivity index (χ1) is 16.0. The minimum atomic E-state index is -1.12. The molecule has 3 atom stereocenters. The van der Waals surface area contributed by atoms with E-state index in [9.17, 15) is 24.3 Å². The van der Waals surface area contributed by atoms with Gasteiger partial charge in [-0.05, 0) is 56.7 Å². The maximum atomic E-state index is 13.5. The SMILES string of the molecule is CCC(NC(=O)OC(C)(C)C)C(=O)N1Cc2ccccc2CC1C(=O)NC(CCSC)C(=O)O. The normalized spacial score (nSPS) is 17.2. The Morgan fingerprint density at radius 1 is 1.15 bits per heavy atom. The summed E-state index contributed by atoms with van der Waals surface area (Å²) in [6.07, 6.45) is 1.98. The van der Waals surface area contributed by atoms with E-state index in [0.29, 0.717) is 12.2 Å². The number of carboxylic acid groups (broad SMARTS) is 1. The third-order valence-electron chi connectivity index (χ3n) is 5.46. The van der Waals surface area contributed by atoms with Crippen LogP contribution in [0.25, 0.3) is 0 Å². The van der Waals surface area contributed by atoms with E-state index in [4.69, 9.17) is 4.74 Å². The molecule has 0 bridgehead atoms. The van der Waals surface area contributed by atoms with Gasteiger partial charge >= 0.3 is 12.1 Å². The predicted octanol–water partition coefficient (Wildman–Crippen LogP) is 2.57. The minimum absolute atomic E-state index is 0.183. The van der Waals surface area contributed by atoms with Crippen molar-refractivity contribution in [1.29, 1.82) is 0 Å². The Bertz CT molecular complexity index is 901. The number of carboxylic acids is 1. The van der Waals surface area contributed by atoms with Crippen LogP contribution in [-0.4, -0.2) is 69.6 Å². The minimum Gasteiger partial charge on any atom is -0.480 e. The highest BCUT2D eigenvalue weighted by molar-refractivity contribution is 7.98. The van der Waals surface area contributed by atoms with Crippen LogP contribution in [0.15, 0.2) is 24.3 Å². The maximum absolute atomic E-state index is 13.5. The fourth-order valence-corrected chi connectivity index (χ4v) is 4.21. The Balaban J connectivity index is 2.28. The van der Waals surface area contributed by atoms with E-state index in [1.807, 2.05) is 30.5 Å². The fourth-order valence-electron chi connectivity index (χ4n) is 3.74. The lowest BCUT2D eigenvalue weighted by Gasteiger charge is -2.38. The standard InChI is InChI=1S/C24H35N3O6S/c1-6-17(26-23(32)33-24(2,3)4)21(29)27-14-16-10-8-7-9-15(16)13-19(27)20(28)25-18(22(30)31)11-12-34-5/h7-10,17-19H,6,11-14H2,1-5H3,(H,25,28)(H,26,32)(H,30,31). The highest BCUT2D eigenvalue weighted by atomic mass is 32.2. The van der Waals surface area contributed by atoms with E-state index in [0.717, 1.165) is 11.1 Å². The molecule has 0 aliphatic carbocycles. The van der Waals surface area contributed by atoms with E-state index in [-0.39, 0.29) is 19.4 Å². The Labute approximate surface area is 205 Å². The molecule has 9 nitrogen and oxygen atoms in total. The van der Waals surface area contributed by atoms with Crippen LogP contribution in [0.1, 0.15) is 51.7 Å². The molecular weight excluding hydrogens is 458 g/mol. The van der Waals surface area contributed by atoms with Gasteiger partial charge < -0.3 is 25.4 Å². The Hall–Kier alpha value is -2.75. The van der Waals surface area contributed by atoms with E-state index < -0.39 is 47.6 Å². The van der Waals surface area contributed by atoms with Crippen LogP contribution >= 0.6 is 11.8 Å². The number of hydrogen-bond donors (Lipinski definition) is 3. The largest absolute Gasteiger partial charge is 0.480 e. The molecule has 3 N–H and O–H groups in total. The summed E-state index contributed by atoms with van der Waals surface area (Å²) in [4.78, 5) is 52.1. The van der Waals surface area contributed by atoms with Crippen molar-refractivity contribution < 1.29 is 29.0 Å². The number of carbonyl (C=O) groups excluding carboxylic acids is 3. The lowest BCUT2D eigenvalue weighted by molar-refractivity contribution is -0.146. The number of nitrogens with zero attached hydrogens (tertiary/aromatic N) is 1. The zero-order valence-electron chi connectivity index (χ0n) is 20.4. The third-order valence-corrected chi connectivity index (χ3v) is 6.10. The lowest BCUT2D eigenvalue weighted by atomic mass is 9.92. The molecular formula is C24H35N3O6S. The number of fused-ring (bicyclic) bond motifs is 1. The number of alkyl carbamates (subject to hydrolysis) is 1. The second kappa shape index (κ2) is 12.1. The summed E-state index contributed by atoms with van der Waals surface area (Å²) >= 11 is 1.49. The summed E-state index contributed by atoms with van der Waals surface area (Å²) in [6.45, 7) is 7.13. The van der Waals surface area contributed by atoms with Crippen LogP contribution in [0, 0.1) is 0 Å². The van der Waals surface area contributed by atoms with Crippen molar-refractivity contribution >= 4 is 35.6 Å². The molecule has 2 rings (SSSR count). The number of rotatable bonds is 9. The molecule has 1 aromatic rings. The van der Waals surface area contributed by atoms with Gasteiger partial charge in [-0.3, -0.25) is 9.59 Å². The first-order valence-corrected chi connectivity index (χ1v) is 12.7. The zero-order valence-corrected chi connectivity index (χ0v) is 21.2. The smallest absolute Gasteiger partial charge is 0.408 e. The van der Waals surface area contributed by atoms with Crippen molar-refractivity contribution in [2.24, 2.45) is 0 Å². The van der Waals surface area contributed by atoms with Crippen molar-refractivity contribution in [3.63, 3.8) is 0 Å². The molecule has 0 aromatic heterocycles. The van der Waals surface area contributed by atoms with Crippen LogP contribution in [-0.2, 0) is 32.1 Å². The topological polar surface area (TPSA) is 125 Å². The predicted molar refractivity (Wildman–Crippen MR) is 130 cm³/mol. The van der Waals surface area contributed by atoms with Gasteiger partial charge in [0.2, 0.25) is 11.8 Å². The number of nitrogens with one attached hydrogen (secondary N) is 2. The number of carbonyl (C=O) groups is 4. The summed E-state index contributed by atoms with van der Waals surface area (Å²) in [5.74, 6) is -1.48. The third kappa shape index (κ3) is 7.65. The van der Waals surface area contributed by atoms with Crippen LogP contribution in [0.4, 0.5) is 4.79 Å². The number of hydrogen-bond acceptors (Lipinski definition) is 6. The van der Waals surface area contributed by atoms with E-state index in [1.54, 1.807) is 27.7 Å². The van der Waals surface area contributed by atoms with E-state index in [2.05, 4.69) is 10.6 Å². The zero-order chi connectivity index (χ0) is 25.5. The second-order valence-corrected chi connectivity index (χ2v) is 10.2. The Kier molecular flexibility index (Phi) is 9.78. The number of aliphatic carboxylic acids is 1. The molecule has 1 aromatic carbocycles. The van der Waals surface area contributed by atoms with Crippen molar-refractivity contribution in [3.05, 3.63) is 35.4 Å². The molecule has 0 spiro atoms. The molecule has 1 aliphatic heterocycles. The van der Waals surface area contributed by atoms with Gasteiger partial charge in [-0.2, -0.15) is 11.8 Å². The van der Waals surface area contributed by atoms with Gasteiger partial charge in [-0.25, -0.2) is 9.59 Å². The Morgan fingerprint density at radius 2 is 1.79 bits per heavy atom. The average molecular weight is 494 g/mol. The van der Waals surface area contributed by atoms with Crippen LogP contribution < -0.4 is 10.6 Å². The van der Waals surface area contributed by atoms with Gasteiger partial charge in [0.1, 0.15) is 23.7 Å². The highest BCUT2D eigenvalue weighted by Gasteiger charge is 2.39. The van der Waals surface area contributed by atoms with Crippen molar-refractivity contribution in [3.8, 4) is 0 Å². The van der Waals surface area contributed by atoms with E-state index in [1.165, 1.54) is 16.7 Å². The first kappa shape index (κ1) is 27.5. The molecule has 188 valence electrons. The summed E-state index contributed by atoms with van der Waals surface area (Å²) in [7, 11) is 0. The van der Waals surface area contributed by atoms with Crippen molar-refractivity contribution in [2.75, 3.05) is 12.0 Å². The molecule has 3 amide bonds. The van der Waals surface area contributed by atoms with Crippen molar-refractivity contribution in [1.82, 2.24) is 15.5 Å². The summed E-state index contributed by atoms with van der Waals surface area (Å²) < 4.78 is 5.29. The molecule has 1 heterocycles.